The van der Waals surface area contributed by atoms with Gasteiger partial charge in [0.15, 0.2) is 0 Å². The van der Waals surface area contributed by atoms with E-state index in [0.717, 1.165) is 11.3 Å². The molecule has 0 spiro atoms. The summed E-state index contributed by atoms with van der Waals surface area (Å²) in [6, 6.07) is 15.9. The molecule has 0 aliphatic rings. The first-order valence-electron chi connectivity index (χ1n) is 7.46. The van der Waals surface area contributed by atoms with Crippen LogP contribution in [-0.4, -0.2) is 18.4 Å². The number of aromatic nitrogens is 2. The van der Waals surface area contributed by atoms with Crippen LogP contribution in [0.25, 0.3) is 0 Å². The molecule has 25 heavy (non-hydrogen) atoms. The Morgan fingerprint density at radius 2 is 1.64 bits per heavy atom. The molecule has 3 rings (SSSR count). The van der Waals surface area contributed by atoms with E-state index in [1.54, 1.807) is 24.3 Å². The third kappa shape index (κ3) is 4.31. The van der Waals surface area contributed by atoms with Crippen LogP contribution < -0.4 is 15.8 Å². The fraction of sp³-hybridized carbons (Fsp3) is 0.0588. The van der Waals surface area contributed by atoms with Gasteiger partial charge in [-0.3, -0.25) is 0 Å². The first kappa shape index (κ1) is 16.9. The van der Waals surface area contributed by atoms with Crippen LogP contribution in [0.15, 0.2) is 65.8 Å². The minimum Gasteiger partial charge on any atom is -0.340 e. The Morgan fingerprint density at radius 1 is 0.920 bits per heavy atom. The van der Waals surface area contributed by atoms with Crippen LogP contribution in [-0.2, 0) is 10.0 Å². The summed E-state index contributed by atoms with van der Waals surface area (Å²) < 4.78 is 23.4. The minimum atomic E-state index is -3.84. The monoisotopic (exact) mass is 355 g/mol. The second-order valence-corrected chi connectivity index (χ2v) is 6.98. The molecule has 0 atom stereocenters. The smallest absolute Gasteiger partial charge is 0.240 e. The number of primary sulfonamides is 1. The Hall–Kier alpha value is -2.97. The van der Waals surface area contributed by atoms with Gasteiger partial charge < -0.3 is 10.6 Å². The SMILES string of the molecule is Cc1cccc(Nc2cc(Nc3ccccc3S(N)(=O)=O)ncn2)c1. The highest BCUT2D eigenvalue weighted by Gasteiger charge is 2.13. The topological polar surface area (TPSA) is 110 Å². The number of rotatable bonds is 5. The van der Waals surface area contributed by atoms with Gasteiger partial charge in [-0.1, -0.05) is 24.3 Å². The summed E-state index contributed by atoms with van der Waals surface area (Å²) in [4.78, 5) is 8.29. The van der Waals surface area contributed by atoms with Gasteiger partial charge in [-0.2, -0.15) is 0 Å². The second kappa shape index (κ2) is 6.88. The zero-order valence-corrected chi connectivity index (χ0v) is 14.3. The highest BCUT2D eigenvalue weighted by atomic mass is 32.2. The van der Waals surface area contributed by atoms with Crippen molar-refractivity contribution in [1.29, 1.82) is 0 Å². The molecule has 1 aromatic heterocycles. The van der Waals surface area contributed by atoms with Crippen LogP contribution >= 0.6 is 0 Å². The van der Waals surface area contributed by atoms with Crippen molar-refractivity contribution >= 4 is 33.0 Å². The van der Waals surface area contributed by atoms with Gasteiger partial charge in [-0.25, -0.2) is 23.5 Å². The predicted molar refractivity (Wildman–Crippen MR) is 97.6 cm³/mol. The standard InChI is InChI=1S/C17H17N5O2S/c1-12-5-4-6-13(9-12)21-16-10-17(20-11-19-16)22-14-7-2-3-8-15(14)25(18,23)24/h2-11H,1H3,(H2,18,23,24)(H2,19,20,21,22). The van der Waals surface area contributed by atoms with Gasteiger partial charge >= 0.3 is 0 Å². The largest absolute Gasteiger partial charge is 0.340 e. The van der Waals surface area contributed by atoms with Crippen molar-refractivity contribution < 1.29 is 8.42 Å². The molecule has 0 fully saturated rings. The van der Waals surface area contributed by atoms with Crippen molar-refractivity contribution in [1.82, 2.24) is 9.97 Å². The molecule has 0 bridgehead atoms. The summed E-state index contributed by atoms with van der Waals surface area (Å²) in [6.45, 7) is 2.00. The first-order valence-corrected chi connectivity index (χ1v) is 9.01. The molecular formula is C17H17N5O2S. The van der Waals surface area contributed by atoms with E-state index in [2.05, 4.69) is 20.6 Å². The third-order valence-electron chi connectivity index (χ3n) is 3.41. The van der Waals surface area contributed by atoms with Crippen molar-refractivity contribution in [2.45, 2.75) is 11.8 Å². The Kier molecular flexibility index (Phi) is 4.64. The fourth-order valence-corrected chi connectivity index (χ4v) is 3.01. The summed E-state index contributed by atoms with van der Waals surface area (Å²) in [5, 5.41) is 11.4. The molecule has 7 nitrogen and oxygen atoms in total. The maximum atomic E-state index is 11.7. The predicted octanol–water partition coefficient (Wildman–Crippen LogP) is 2.92. The lowest BCUT2D eigenvalue weighted by Gasteiger charge is -2.11. The maximum Gasteiger partial charge on any atom is 0.240 e. The van der Waals surface area contributed by atoms with Gasteiger partial charge in [0.05, 0.1) is 5.69 Å². The molecule has 128 valence electrons. The lowest BCUT2D eigenvalue weighted by atomic mass is 10.2. The van der Waals surface area contributed by atoms with Crippen LogP contribution in [0.1, 0.15) is 5.56 Å². The normalized spacial score (nSPS) is 11.1. The zero-order valence-electron chi connectivity index (χ0n) is 13.5. The molecule has 4 N–H and O–H groups in total. The average molecular weight is 355 g/mol. The summed E-state index contributed by atoms with van der Waals surface area (Å²) in [5.74, 6) is 1.03. The second-order valence-electron chi connectivity index (χ2n) is 5.45. The molecule has 1 heterocycles. The van der Waals surface area contributed by atoms with Crippen molar-refractivity contribution in [3.8, 4) is 0 Å². The average Bonchev–Trinajstić information content (AvgIpc) is 2.55. The van der Waals surface area contributed by atoms with E-state index in [-0.39, 0.29) is 4.90 Å². The number of aryl methyl sites for hydroxylation is 1. The number of hydrogen-bond acceptors (Lipinski definition) is 6. The highest BCUT2D eigenvalue weighted by Crippen LogP contribution is 2.24. The summed E-state index contributed by atoms with van der Waals surface area (Å²) >= 11 is 0. The van der Waals surface area contributed by atoms with E-state index in [0.29, 0.717) is 17.3 Å². The van der Waals surface area contributed by atoms with E-state index in [9.17, 15) is 8.42 Å². The first-order chi connectivity index (χ1) is 11.9. The van der Waals surface area contributed by atoms with Gasteiger partial charge in [0.1, 0.15) is 22.9 Å². The van der Waals surface area contributed by atoms with Gasteiger partial charge in [-0.05, 0) is 36.8 Å². The Balaban J connectivity index is 1.86. The van der Waals surface area contributed by atoms with Crippen molar-refractivity contribution in [3.63, 3.8) is 0 Å². The van der Waals surface area contributed by atoms with Crippen LogP contribution in [0.4, 0.5) is 23.0 Å². The van der Waals surface area contributed by atoms with Crippen LogP contribution in [0.3, 0.4) is 0 Å². The number of nitrogens with two attached hydrogens (primary N) is 1. The summed E-state index contributed by atoms with van der Waals surface area (Å²) in [6.07, 6.45) is 1.39. The number of sulfonamides is 1. The lowest BCUT2D eigenvalue weighted by Crippen LogP contribution is -2.14. The van der Waals surface area contributed by atoms with Crippen molar-refractivity contribution in [3.05, 3.63) is 66.5 Å². The van der Waals surface area contributed by atoms with Crippen LogP contribution in [0.2, 0.25) is 0 Å². The Bertz CT molecular complexity index is 1010. The van der Waals surface area contributed by atoms with Gasteiger partial charge in [0.2, 0.25) is 10.0 Å². The molecule has 0 saturated carbocycles. The van der Waals surface area contributed by atoms with Gasteiger partial charge in [0, 0.05) is 11.8 Å². The Morgan fingerprint density at radius 3 is 2.36 bits per heavy atom. The number of hydrogen-bond donors (Lipinski definition) is 3. The summed E-state index contributed by atoms with van der Waals surface area (Å²) in [7, 11) is -3.84. The lowest BCUT2D eigenvalue weighted by molar-refractivity contribution is 0.598. The number of nitrogens with one attached hydrogen (secondary N) is 2. The number of nitrogens with zero attached hydrogens (tertiary/aromatic N) is 2. The van der Waals surface area contributed by atoms with Crippen LogP contribution in [0.5, 0.6) is 0 Å². The van der Waals surface area contributed by atoms with E-state index >= 15 is 0 Å². The molecule has 0 aliphatic carbocycles. The van der Waals surface area contributed by atoms with Gasteiger partial charge in [0.25, 0.3) is 0 Å². The quantitative estimate of drug-likeness (QED) is 0.649. The molecule has 0 aliphatic heterocycles. The fourth-order valence-electron chi connectivity index (χ4n) is 2.32. The van der Waals surface area contributed by atoms with E-state index in [4.69, 9.17) is 5.14 Å². The van der Waals surface area contributed by atoms with E-state index < -0.39 is 10.0 Å². The molecular weight excluding hydrogens is 338 g/mol. The Labute approximate surface area is 146 Å². The van der Waals surface area contributed by atoms with Crippen LogP contribution in [0, 0.1) is 6.92 Å². The molecule has 0 saturated heterocycles. The third-order valence-corrected chi connectivity index (χ3v) is 4.38. The molecule has 0 amide bonds. The molecule has 8 heteroatoms. The van der Waals surface area contributed by atoms with Crippen molar-refractivity contribution in [2.75, 3.05) is 10.6 Å². The maximum absolute atomic E-state index is 11.7. The molecule has 2 aromatic carbocycles. The number of anilines is 4. The van der Waals surface area contributed by atoms with Gasteiger partial charge in [-0.15, -0.1) is 0 Å². The van der Waals surface area contributed by atoms with E-state index in [1.165, 1.54) is 12.4 Å². The highest BCUT2D eigenvalue weighted by molar-refractivity contribution is 7.89. The molecule has 0 unspecified atom stereocenters. The molecule has 3 aromatic rings. The summed E-state index contributed by atoms with van der Waals surface area (Å²) in [5.41, 5.74) is 2.37. The van der Waals surface area contributed by atoms with Crippen molar-refractivity contribution in [2.24, 2.45) is 5.14 Å². The molecule has 0 radical (unpaired) electrons. The van der Waals surface area contributed by atoms with E-state index in [1.807, 2.05) is 31.2 Å². The number of para-hydroxylation sites is 1. The zero-order chi connectivity index (χ0) is 17.9. The minimum absolute atomic E-state index is 0.00167. The number of benzene rings is 2.